The predicted molar refractivity (Wildman–Crippen MR) is 69.0 cm³/mol. The molecule has 5 N–H and O–H groups in total. The molecule has 0 unspecified atom stereocenters. The van der Waals surface area contributed by atoms with E-state index < -0.39 is 0 Å². The Kier molecular flexibility index (Phi) is 4.04. The number of nitrogens with zero attached hydrogens (tertiary/aromatic N) is 3. The number of amides is 1. The van der Waals surface area contributed by atoms with Crippen LogP contribution in [0.1, 0.15) is 28.8 Å². The molecule has 2 rings (SSSR count). The molecule has 0 atom stereocenters. The zero-order chi connectivity index (χ0) is 13.7. The molecule has 2 aromatic rings. The number of hydrogen-bond donors (Lipinski definition) is 4. The Morgan fingerprint density at radius 3 is 2.95 bits per heavy atom. The minimum absolute atomic E-state index is 0.218. The second kappa shape index (κ2) is 5.91. The molecule has 0 aromatic carbocycles. The summed E-state index contributed by atoms with van der Waals surface area (Å²) < 4.78 is 0. The average molecular weight is 261 g/mol. The fraction of sp³-hybridized carbons (Fsp3) is 0.273. The third-order valence-electron chi connectivity index (χ3n) is 2.53. The van der Waals surface area contributed by atoms with Crippen molar-refractivity contribution in [3.8, 4) is 0 Å². The van der Waals surface area contributed by atoms with E-state index in [1.807, 2.05) is 6.92 Å². The smallest absolute Gasteiger partial charge is 0.251 e. The van der Waals surface area contributed by atoms with Crippen molar-refractivity contribution in [3.63, 3.8) is 0 Å². The molecule has 1 amide bonds. The van der Waals surface area contributed by atoms with Crippen molar-refractivity contribution in [1.29, 1.82) is 0 Å². The summed E-state index contributed by atoms with van der Waals surface area (Å²) in [5, 5.41) is 9.11. The number of aromatic nitrogens is 4. The van der Waals surface area contributed by atoms with E-state index in [-0.39, 0.29) is 12.5 Å². The van der Waals surface area contributed by atoms with Crippen molar-refractivity contribution in [2.75, 3.05) is 5.43 Å². The van der Waals surface area contributed by atoms with Crippen LogP contribution in [0.2, 0.25) is 0 Å². The molecule has 0 aliphatic carbocycles. The van der Waals surface area contributed by atoms with Gasteiger partial charge in [0.15, 0.2) is 0 Å². The van der Waals surface area contributed by atoms with Crippen LogP contribution in [-0.2, 0) is 13.0 Å². The first kappa shape index (κ1) is 13.0. The number of nitrogen functional groups attached to an aromatic ring is 1. The number of carbonyl (C=O) groups excluding carboxylic acids is 1. The van der Waals surface area contributed by atoms with Gasteiger partial charge in [-0.25, -0.2) is 15.8 Å². The molecule has 8 nitrogen and oxygen atoms in total. The van der Waals surface area contributed by atoms with Gasteiger partial charge in [0.2, 0.25) is 0 Å². The van der Waals surface area contributed by atoms with Crippen LogP contribution < -0.4 is 16.6 Å². The van der Waals surface area contributed by atoms with Crippen molar-refractivity contribution >= 4 is 11.7 Å². The predicted octanol–water partition coefficient (Wildman–Crippen LogP) is -0.0223. The maximum Gasteiger partial charge on any atom is 0.251 e. The Bertz CT molecular complexity index is 530. The third kappa shape index (κ3) is 3.26. The van der Waals surface area contributed by atoms with Crippen LogP contribution in [0, 0.1) is 0 Å². The zero-order valence-corrected chi connectivity index (χ0v) is 10.5. The lowest BCUT2D eigenvalue weighted by molar-refractivity contribution is 0.0949. The molecule has 0 spiro atoms. The minimum Gasteiger partial charge on any atom is -0.345 e. The lowest BCUT2D eigenvalue weighted by Gasteiger charge is -2.07. The van der Waals surface area contributed by atoms with Gasteiger partial charge < -0.3 is 10.7 Å². The normalized spacial score (nSPS) is 10.2. The van der Waals surface area contributed by atoms with Crippen LogP contribution in [0.15, 0.2) is 18.5 Å². The molecule has 0 bridgehead atoms. The van der Waals surface area contributed by atoms with Crippen LogP contribution >= 0.6 is 0 Å². The molecular formula is C11H15N7O. The average Bonchev–Trinajstić information content (AvgIpc) is 2.97. The Labute approximate surface area is 109 Å². The van der Waals surface area contributed by atoms with E-state index in [4.69, 9.17) is 5.84 Å². The first-order valence-electron chi connectivity index (χ1n) is 5.83. The van der Waals surface area contributed by atoms with Gasteiger partial charge in [-0.3, -0.25) is 9.89 Å². The summed E-state index contributed by atoms with van der Waals surface area (Å²) in [4.78, 5) is 20.1. The van der Waals surface area contributed by atoms with Crippen molar-refractivity contribution < 1.29 is 4.79 Å². The van der Waals surface area contributed by atoms with Gasteiger partial charge in [-0.15, -0.1) is 0 Å². The van der Waals surface area contributed by atoms with E-state index in [1.165, 1.54) is 6.33 Å². The number of aromatic amines is 1. The van der Waals surface area contributed by atoms with Crippen molar-refractivity contribution in [2.24, 2.45) is 5.84 Å². The maximum absolute atomic E-state index is 12.0. The van der Waals surface area contributed by atoms with Gasteiger partial charge in [0, 0.05) is 11.3 Å². The standard InChI is InChI=1S/C11H15N7O/c1-2-8-3-7(4-9(16-8)17-12)11(19)13-5-10-14-6-15-18-10/h3-4,6H,2,5,12H2,1H3,(H,13,19)(H,16,17)(H,14,15,18). The van der Waals surface area contributed by atoms with E-state index in [0.717, 1.165) is 12.1 Å². The molecule has 0 saturated carbocycles. The number of H-pyrrole nitrogens is 1. The Morgan fingerprint density at radius 1 is 1.47 bits per heavy atom. The summed E-state index contributed by atoms with van der Waals surface area (Å²) in [7, 11) is 0. The molecule has 8 heteroatoms. The number of hydrogen-bond acceptors (Lipinski definition) is 6. The van der Waals surface area contributed by atoms with E-state index in [2.05, 4.69) is 30.9 Å². The number of nitrogens with one attached hydrogen (secondary N) is 3. The molecule has 2 aromatic heterocycles. The van der Waals surface area contributed by atoms with Crippen molar-refractivity contribution in [3.05, 3.63) is 35.5 Å². The zero-order valence-electron chi connectivity index (χ0n) is 10.5. The van der Waals surface area contributed by atoms with Crippen LogP contribution in [-0.4, -0.2) is 26.1 Å². The van der Waals surface area contributed by atoms with Gasteiger partial charge in [0.25, 0.3) is 5.91 Å². The summed E-state index contributed by atoms with van der Waals surface area (Å²) in [6.45, 7) is 2.24. The molecule has 100 valence electrons. The van der Waals surface area contributed by atoms with Crippen molar-refractivity contribution in [1.82, 2.24) is 25.5 Å². The van der Waals surface area contributed by atoms with E-state index >= 15 is 0 Å². The second-order valence-corrected chi connectivity index (χ2v) is 3.85. The summed E-state index contributed by atoms with van der Waals surface area (Å²) in [6, 6.07) is 3.32. The Balaban J connectivity index is 2.09. The first-order valence-corrected chi connectivity index (χ1v) is 5.83. The topological polar surface area (TPSA) is 122 Å². The van der Waals surface area contributed by atoms with E-state index in [9.17, 15) is 4.79 Å². The highest BCUT2D eigenvalue weighted by Gasteiger charge is 2.09. The van der Waals surface area contributed by atoms with Gasteiger partial charge >= 0.3 is 0 Å². The second-order valence-electron chi connectivity index (χ2n) is 3.85. The lowest BCUT2D eigenvalue weighted by atomic mass is 10.2. The summed E-state index contributed by atoms with van der Waals surface area (Å²) in [6.07, 6.45) is 2.11. The van der Waals surface area contributed by atoms with Gasteiger partial charge in [0.05, 0.1) is 6.54 Å². The molecule has 0 fully saturated rings. The molecule has 0 saturated heterocycles. The lowest BCUT2D eigenvalue weighted by Crippen LogP contribution is -2.24. The summed E-state index contributed by atoms with van der Waals surface area (Å²) in [5.74, 6) is 6.16. The summed E-state index contributed by atoms with van der Waals surface area (Å²) in [5.41, 5.74) is 3.74. The van der Waals surface area contributed by atoms with Crippen LogP contribution in [0.4, 0.5) is 5.82 Å². The number of rotatable bonds is 5. The number of nitrogens with two attached hydrogens (primary N) is 1. The van der Waals surface area contributed by atoms with Crippen LogP contribution in [0.3, 0.4) is 0 Å². The highest BCUT2D eigenvalue weighted by atomic mass is 16.1. The van der Waals surface area contributed by atoms with Gasteiger partial charge in [-0.2, -0.15) is 5.10 Å². The maximum atomic E-state index is 12.0. The van der Waals surface area contributed by atoms with Crippen LogP contribution in [0.25, 0.3) is 0 Å². The number of aryl methyl sites for hydroxylation is 1. The molecule has 19 heavy (non-hydrogen) atoms. The highest BCUT2D eigenvalue weighted by Crippen LogP contribution is 2.10. The van der Waals surface area contributed by atoms with Gasteiger partial charge in [-0.1, -0.05) is 6.92 Å². The SMILES string of the molecule is CCc1cc(C(=O)NCc2ncn[nH]2)cc(NN)n1. The number of anilines is 1. The van der Waals surface area contributed by atoms with Crippen LogP contribution in [0.5, 0.6) is 0 Å². The number of carbonyl (C=O) groups is 1. The van der Waals surface area contributed by atoms with Gasteiger partial charge in [-0.05, 0) is 18.6 Å². The minimum atomic E-state index is -0.218. The molecular weight excluding hydrogens is 246 g/mol. The highest BCUT2D eigenvalue weighted by molar-refractivity contribution is 5.94. The first-order chi connectivity index (χ1) is 9.22. The Hall–Kier alpha value is -2.48. The van der Waals surface area contributed by atoms with Crippen molar-refractivity contribution in [2.45, 2.75) is 19.9 Å². The number of hydrazine groups is 1. The quantitative estimate of drug-likeness (QED) is 0.443. The molecule has 0 radical (unpaired) electrons. The molecule has 2 heterocycles. The molecule has 0 aliphatic heterocycles. The third-order valence-corrected chi connectivity index (χ3v) is 2.53. The number of pyridine rings is 1. The van der Waals surface area contributed by atoms with Gasteiger partial charge in [0.1, 0.15) is 18.0 Å². The largest absolute Gasteiger partial charge is 0.345 e. The fourth-order valence-electron chi connectivity index (χ4n) is 1.56. The summed E-state index contributed by atoms with van der Waals surface area (Å²) >= 11 is 0. The molecule has 0 aliphatic rings. The fourth-order valence-corrected chi connectivity index (χ4v) is 1.56. The monoisotopic (exact) mass is 261 g/mol. The van der Waals surface area contributed by atoms with E-state index in [0.29, 0.717) is 17.2 Å². The Morgan fingerprint density at radius 2 is 2.32 bits per heavy atom. The van der Waals surface area contributed by atoms with E-state index in [1.54, 1.807) is 12.1 Å².